The Morgan fingerprint density at radius 2 is 2.08 bits per heavy atom. The van der Waals surface area contributed by atoms with Crippen LogP contribution in [0.15, 0.2) is 16.5 Å². The Balaban J connectivity index is 2.00. The molecule has 0 saturated carbocycles. The van der Waals surface area contributed by atoms with Crippen molar-refractivity contribution in [2.45, 2.75) is 39.3 Å². The molecule has 0 radical (unpaired) electrons. The monoisotopic (exact) mass is 358 g/mol. The second-order valence-corrected chi connectivity index (χ2v) is 8.73. The summed E-state index contributed by atoms with van der Waals surface area (Å²) in [5, 5.41) is 9.54. The smallest absolute Gasteiger partial charge is 0.310 e. The molecular formula is C16H26N2O5S. The number of furan rings is 1. The van der Waals surface area contributed by atoms with E-state index < -0.39 is 21.4 Å². The molecule has 1 saturated heterocycles. The van der Waals surface area contributed by atoms with E-state index in [0.717, 1.165) is 25.0 Å². The van der Waals surface area contributed by atoms with Gasteiger partial charge >= 0.3 is 5.97 Å². The summed E-state index contributed by atoms with van der Waals surface area (Å²) in [4.78, 5) is 13.7. The van der Waals surface area contributed by atoms with Gasteiger partial charge in [-0.15, -0.1) is 0 Å². The second kappa shape index (κ2) is 7.25. The van der Waals surface area contributed by atoms with Crippen LogP contribution in [0.3, 0.4) is 0 Å². The maximum Gasteiger partial charge on any atom is 0.310 e. The van der Waals surface area contributed by atoms with Crippen LogP contribution in [0.2, 0.25) is 0 Å². The molecule has 0 aromatic carbocycles. The SMILES string of the molecule is CC[C@]1(C(=O)O)CCCN(Cc2ccc(CN(C)S(C)(=O)=O)o2)C1. The number of hydrogen-bond acceptors (Lipinski definition) is 5. The van der Waals surface area contributed by atoms with Gasteiger partial charge in [0, 0.05) is 13.6 Å². The Bertz CT molecular complexity index is 684. The summed E-state index contributed by atoms with van der Waals surface area (Å²) in [6.45, 7) is 4.00. The number of sulfonamides is 1. The average Bonchev–Trinajstić information content (AvgIpc) is 2.93. The second-order valence-electron chi connectivity index (χ2n) is 6.64. The molecule has 0 unspecified atom stereocenters. The molecule has 1 aliphatic rings. The topological polar surface area (TPSA) is 91.1 Å². The number of nitrogens with zero attached hydrogens (tertiary/aromatic N) is 2. The zero-order valence-electron chi connectivity index (χ0n) is 14.5. The van der Waals surface area contributed by atoms with Crippen molar-refractivity contribution in [2.75, 3.05) is 26.4 Å². The zero-order valence-corrected chi connectivity index (χ0v) is 15.3. The van der Waals surface area contributed by atoms with E-state index in [1.54, 1.807) is 6.07 Å². The summed E-state index contributed by atoms with van der Waals surface area (Å²) in [5.74, 6) is 0.573. The molecule has 1 aromatic rings. The fraction of sp³-hybridized carbons (Fsp3) is 0.688. The Morgan fingerprint density at radius 1 is 1.42 bits per heavy atom. The predicted molar refractivity (Wildman–Crippen MR) is 89.9 cm³/mol. The molecule has 2 rings (SSSR count). The first-order valence-electron chi connectivity index (χ1n) is 8.11. The Hall–Kier alpha value is -1.38. The number of piperidine rings is 1. The molecule has 0 amide bonds. The standard InChI is InChI=1S/C16H26N2O5S/c1-4-16(15(19)20)8-5-9-18(12-16)11-14-7-6-13(23-14)10-17(2)24(3,21)22/h6-7H,4-5,8-12H2,1-3H3,(H,19,20)/t16-/m0/s1. The average molecular weight is 358 g/mol. The normalized spacial score (nSPS) is 22.8. The van der Waals surface area contributed by atoms with Crippen LogP contribution in [0, 0.1) is 5.41 Å². The van der Waals surface area contributed by atoms with Gasteiger partial charge in [-0.2, -0.15) is 4.31 Å². The van der Waals surface area contributed by atoms with Gasteiger partial charge in [-0.25, -0.2) is 8.42 Å². The molecule has 136 valence electrons. The van der Waals surface area contributed by atoms with Crippen molar-refractivity contribution >= 4 is 16.0 Å². The van der Waals surface area contributed by atoms with Crippen LogP contribution in [0.4, 0.5) is 0 Å². The van der Waals surface area contributed by atoms with Crippen molar-refractivity contribution in [2.24, 2.45) is 5.41 Å². The van der Waals surface area contributed by atoms with E-state index in [1.165, 1.54) is 11.4 Å². The van der Waals surface area contributed by atoms with E-state index >= 15 is 0 Å². The number of carbonyl (C=O) groups is 1. The molecule has 2 heterocycles. The van der Waals surface area contributed by atoms with E-state index in [1.807, 2.05) is 13.0 Å². The van der Waals surface area contributed by atoms with Gasteiger partial charge in [0.1, 0.15) is 11.5 Å². The lowest BCUT2D eigenvalue weighted by Crippen LogP contribution is -2.47. The Morgan fingerprint density at radius 3 is 2.67 bits per heavy atom. The van der Waals surface area contributed by atoms with Crippen molar-refractivity contribution in [3.63, 3.8) is 0 Å². The molecule has 1 aromatic heterocycles. The van der Waals surface area contributed by atoms with Crippen molar-refractivity contribution in [3.8, 4) is 0 Å². The van der Waals surface area contributed by atoms with Crippen LogP contribution in [-0.2, 0) is 27.9 Å². The summed E-state index contributed by atoms with van der Waals surface area (Å²) in [7, 11) is -1.75. The van der Waals surface area contributed by atoms with Crippen molar-refractivity contribution < 1.29 is 22.7 Å². The maximum absolute atomic E-state index is 11.6. The lowest BCUT2D eigenvalue weighted by molar-refractivity contribution is -0.153. The quantitative estimate of drug-likeness (QED) is 0.798. The molecule has 0 aliphatic carbocycles. The van der Waals surface area contributed by atoms with Gasteiger partial charge in [-0.3, -0.25) is 9.69 Å². The molecule has 1 fully saturated rings. The third-order valence-corrected chi connectivity index (χ3v) is 6.09. The lowest BCUT2D eigenvalue weighted by Gasteiger charge is -2.39. The number of aliphatic carboxylic acids is 1. The fourth-order valence-electron chi connectivity index (χ4n) is 3.13. The number of likely N-dealkylation sites (tertiary alicyclic amines) is 1. The number of carboxylic acid groups (broad SMARTS) is 1. The Labute approximate surface area is 143 Å². The number of hydrogen-bond donors (Lipinski definition) is 1. The minimum absolute atomic E-state index is 0.187. The van der Waals surface area contributed by atoms with Gasteiger partial charge in [0.05, 0.1) is 24.8 Å². The molecule has 1 aliphatic heterocycles. The molecule has 0 spiro atoms. The van der Waals surface area contributed by atoms with Crippen LogP contribution < -0.4 is 0 Å². The lowest BCUT2D eigenvalue weighted by atomic mass is 9.77. The zero-order chi connectivity index (χ0) is 18.0. The minimum Gasteiger partial charge on any atom is -0.481 e. The minimum atomic E-state index is -3.25. The van der Waals surface area contributed by atoms with E-state index in [2.05, 4.69) is 4.90 Å². The molecule has 1 atom stereocenters. The van der Waals surface area contributed by atoms with E-state index in [4.69, 9.17) is 4.42 Å². The molecule has 8 heteroatoms. The first-order chi connectivity index (χ1) is 11.2. The largest absolute Gasteiger partial charge is 0.481 e. The fourth-order valence-corrected chi connectivity index (χ4v) is 3.49. The molecule has 1 N–H and O–H groups in total. The van der Waals surface area contributed by atoms with E-state index in [9.17, 15) is 18.3 Å². The third-order valence-electron chi connectivity index (χ3n) is 4.83. The summed E-state index contributed by atoms with van der Waals surface area (Å²) in [6, 6.07) is 3.60. The van der Waals surface area contributed by atoms with Gasteiger partial charge in [0.2, 0.25) is 10.0 Å². The third kappa shape index (κ3) is 4.37. The van der Waals surface area contributed by atoms with Crippen LogP contribution in [0.5, 0.6) is 0 Å². The number of rotatable bonds is 7. The summed E-state index contributed by atoms with van der Waals surface area (Å²) in [5.41, 5.74) is -0.676. The van der Waals surface area contributed by atoms with Gasteiger partial charge in [-0.1, -0.05) is 6.92 Å². The molecule has 7 nitrogen and oxygen atoms in total. The van der Waals surface area contributed by atoms with E-state index in [0.29, 0.717) is 31.7 Å². The van der Waals surface area contributed by atoms with Crippen LogP contribution in [0.25, 0.3) is 0 Å². The number of carboxylic acids is 1. The van der Waals surface area contributed by atoms with Gasteiger partial charge in [0.25, 0.3) is 0 Å². The molecule has 24 heavy (non-hydrogen) atoms. The first kappa shape index (κ1) is 19.0. The summed E-state index contributed by atoms with van der Waals surface area (Å²) < 4.78 is 29.8. The van der Waals surface area contributed by atoms with E-state index in [-0.39, 0.29) is 6.54 Å². The van der Waals surface area contributed by atoms with Gasteiger partial charge in [-0.05, 0) is 37.9 Å². The van der Waals surface area contributed by atoms with Crippen LogP contribution in [0.1, 0.15) is 37.7 Å². The summed E-state index contributed by atoms with van der Waals surface area (Å²) >= 11 is 0. The highest BCUT2D eigenvalue weighted by Crippen LogP contribution is 2.34. The maximum atomic E-state index is 11.6. The molecular weight excluding hydrogens is 332 g/mol. The summed E-state index contributed by atoms with van der Waals surface area (Å²) in [6.07, 6.45) is 3.32. The van der Waals surface area contributed by atoms with Crippen molar-refractivity contribution in [1.29, 1.82) is 0 Å². The Kier molecular flexibility index (Phi) is 5.72. The predicted octanol–water partition coefficient (Wildman–Crippen LogP) is 1.75. The highest BCUT2D eigenvalue weighted by molar-refractivity contribution is 7.88. The van der Waals surface area contributed by atoms with Crippen molar-refractivity contribution in [1.82, 2.24) is 9.21 Å². The first-order valence-corrected chi connectivity index (χ1v) is 9.96. The highest BCUT2D eigenvalue weighted by Gasteiger charge is 2.40. The van der Waals surface area contributed by atoms with Crippen LogP contribution >= 0.6 is 0 Å². The van der Waals surface area contributed by atoms with Gasteiger partial charge < -0.3 is 9.52 Å². The van der Waals surface area contributed by atoms with Gasteiger partial charge in [0.15, 0.2) is 0 Å². The molecule has 0 bridgehead atoms. The van der Waals surface area contributed by atoms with Crippen molar-refractivity contribution in [3.05, 3.63) is 23.7 Å². The van der Waals surface area contributed by atoms with Crippen LogP contribution in [-0.4, -0.2) is 55.1 Å². The highest BCUT2D eigenvalue weighted by atomic mass is 32.2.